The molecule has 11 heavy (non-hydrogen) atoms. The first-order valence-electron chi connectivity index (χ1n) is 3.39. The highest BCUT2D eigenvalue weighted by Gasteiger charge is 1.98. The fourth-order valence-corrected chi connectivity index (χ4v) is 0.738. The van der Waals surface area contributed by atoms with Crippen LogP contribution in [0.5, 0.6) is 0 Å². The van der Waals surface area contributed by atoms with Crippen LogP contribution in [0.2, 0.25) is 0 Å². The first-order valence-corrected chi connectivity index (χ1v) is 3.39. The van der Waals surface area contributed by atoms with E-state index in [1.54, 1.807) is 6.07 Å². The minimum Gasteiger partial charge on any atom is -0.382 e. The van der Waals surface area contributed by atoms with E-state index in [0.29, 0.717) is 5.69 Å². The van der Waals surface area contributed by atoms with Gasteiger partial charge in [0.25, 0.3) is 0 Å². The molecule has 1 aromatic heterocycles. The average molecular weight is 150 g/mol. The Hall–Kier alpha value is -1.45. The zero-order valence-corrected chi connectivity index (χ0v) is 6.33. The second kappa shape index (κ2) is 3.09. The maximum atomic E-state index is 7.09. The normalized spacial score (nSPS) is 9.55. The Morgan fingerprint density at radius 2 is 2.36 bits per heavy atom. The Morgan fingerprint density at radius 3 is 2.91 bits per heavy atom. The third-order valence-corrected chi connectivity index (χ3v) is 1.36. The maximum absolute atomic E-state index is 7.09. The second-order valence-electron chi connectivity index (χ2n) is 2.16. The molecule has 0 fully saturated rings. The van der Waals surface area contributed by atoms with E-state index in [2.05, 4.69) is 9.97 Å². The minimum atomic E-state index is -0.0119. The molecule has 58 valence electrons. The van der Waals surface area contributed by atoms with Crippen LogP contribution in [0.1, 0.15) is 18.3 Å². The average Bonchev–Trinajstić information content (AvgIpc) is 2.05. The van der Waals surface area contributed by atoms with Crippen LogP contribution in [0.4, 0.5) is 0 Å². The first kappa shape index (κ1) is 7.65. The molecule has 0 saturated carbocycles. The number of nitrogen functional groups attached to an aromatic ring is 1. The van der Waals surface area contributed by atoms with Gasteiger partial charge in [0.2, 0.25) is 0 Å². The van der Waals surface area contributed by atoms with Gasteiger partial charge in [0.15, 0.2) is 0 Å². The fraction of sp³-hybridized carbons (Fsp3) is 0.286. The lowest BCUT2D eigenvalue weighted by molar-refractivity contribution is 0.990. The Morgan fingerprint density at radius 1 is 1.64 bits per heavy atom. The summed E-state index contributed by atoms with van der Waals surface area (Å²) >= 11 is 0. The van der Waals surface area contributed by atoms with Crippen molar-refractivity contribution in [1.29, 1.82) is 5.41 Å². The summed E-state index contributed by atoms with van der Waals surface area (Å²) in [5, 5.41) is 7.09. The second-order valence-corrected chi connectivity index (χ2v) is 2.16. The Kier molecular flexibility index (Phi) is 2.15. The number of hydrogen-bond acceptors (Lipinski definition) is 3. The fourth-order valence-electron chi connectivity index (χ4n) is 0.738. The number of amidine groups is 1. The van der Waals surface area contributed by atoms with E-state index >= 15 is 0 Å². The number of aryl methyl sites for hydroxylation is 1. The van der Waals surface area contributed by atoms with Crippen molar-refractivity contribution in [2.75, 3.05) is 0 Å². The molecule has 3 N–H and O–H groups in total. The van der Waals surface area contributed by atoms with Crippen molar-refractivity contribution in [1.82, 2.24) is 9.97 Å². The largest absolute Gasteiger partial charge is 0.382 e. The summed E-state index contributed by atoms with van der Waals surface area (Å²) in [7, 11) is 0. The summed E-state index contributed by atoms with van der Waals surface area (Å²) in [6.07, 6.45) is 2.26. The van der Waals surface area contributed by atoms with Crippen LogP contribution in [0.3, 0.4) is 0 Å². The molecule has 1 aromatic rings. The van der Waals surface area contributed by atoms with Gasteiger partial charge in [0, 0.05) is 5.69 Å². The third kappa shape index (κ3) is 1.73. The predicted octanol–water partition coefficient (Wildman–Crippen LogP) is 0.323. The van der Waals surface area contributed by atoms with Gasteiger partial charge >= 0.3 is 0 Å². The van der Waals surface area contributed by atoms with Crippen molar-refractivity contribution in [3.8, 4) is 0 Å². The summed E-state index contributed by atoms with van der Waals surface area (Å²) in [6, 6.07) is 1.72. The Labute approximate surface area is 65.0 Å². The molecule has 0 radical (unpaired) electrons. The molecule has 0 aliphatic carbocycles. The zero-order chi connectivity index (χ0) is 8.27. The number of nitrogens with one attached hydrogen (secondary N) is 1. The number of rotatable bonds is 2. The van der Waals surface area contributed by atoms with Crippen LogP contribution in [-0.4, -0.2) is 15.8 Å². The summed E-state index contributed by atoms with van der Waals surface area (Å²) in [4.78, 5) is 7.80. The Balaban J connectivity index is 3.01. The van der Waals surface area contributed by atoms with Crippen LogP contribution < -0.4 is 5.73 Å². The van der Waals surface area contributed by atoms with Crippen LogP contribution in [0.25, 0.3) is 0 Å². The van der Waals surface area contributed by atoms with Crippen molar-refractivity contribution < 1.29 is 0 Å². The molecule has 1 rings (SSSR count). The molecule has 0 aromatic carbocycles. The highest BCUT2D eigenvalue weighted by atomic mass is 14.9. The molecule has 4 heteroatoms. The molecule has 4 nitrogen and oxygen atoms in total. The molecule has 0 aliphatic heterocycles. The lowest BCUT2D eigenvalue weighted by Gasteiger charge is -1.97. The molecule has 0 unspecified atom stereocenters. The van der Waals surface area contributed by atoms with Gasteiger partial charge in [-0.15, -0.1) is 0 Å². The molecule has 0 atom stereocenters. The smallest absolute Gasteiger partial charge is 0.141 e. The van der Waals surface area contributed by atoms with Crippen molar-refractivity contribution in [3.05, 3.63) is 23.8 Å². The first-order chi connectivity index (χ1) is 5.24. The predicted molar refractivity (Wildman–Crippen MR) is 42.4 cm³/mol. The highest BCUT2D eigenvalue weighted by molar-refractivity contribution is 5.92. The molecular weight excluding hydrogens is 140 g/mol. The molecule has 0 aliphatic rings. The molecule has 0 amide bonds. The van der Waals surface area contributed by atoms with Gasteiger partial charge in [-0.05, 0) is 12.5 Å². The van der Waals surface area contributed by atoms with Crippen molar-refractivity contribution >= 4 is 5.84 Å². The highest BCUT2D eigenvalue weighted by Crippen LogP contribution is 1.96. The van der Waals surface area contributed by atoms with Gasteiger partial charge in [0.1, 0.15) is 17.9 Å². The van der Waals surface area contributed by atoms with Crippen LogP contribution >= 0.6 is 0 Å². The van der Waals surface area contributed by atoms with E-state index in [4.69, 9.17) is 11.1 Å². The van der Waals surface area contributed by atoms with Crippen molar-refractivity contribution in [2.45, 2.75) is 13.3 Å². The molecule has 0 spiro atoms. The lowest BCUT2D eigenvalue weighted by atomic mass is 10.2. The minimum absolute atomic E-state index is 0.0119. The number of hydrogen-bond donors (Lipinski definition) is 2. The van der Waals surface area contributed by atoms with Gasteiger partial charge in [-0.25, -0.2) is 9.97 Å². The number of aromatic nitrogens is 2. The van der Waals surface area contributed by atoms with Gasteiger partial charge in [-0.2, -0.15) is 0 Å². The topological polar surface area (TPSA) is 75.7 Å². The van der Waals surface area contributed by atoms with Crippen LogP contribution in [0, 0.1) is 5.41 Å². The lowest BCUT2D eigenvalue weighted by Crippen LogP contribution is -2.13. The van der Waals surface area contributed by atoms with Gasteiger partial charge in [-0.3, -0.25) is 5.41 Å². The zero-order valence-electron chi connectivity index (χ0n) is 6.33. The number of nitrogens with zero attached hydrogens (tertiary/aromatic N) is 2. The van der Waals surface area contributed by atoms with E-state index in [-0.39, 0.29) is 5.84 Å². The van der Waals surface area contributed by atoms with E-state index in [1.165, 1.54) is 6.33 Å². The van der Waals surface area contributed by atoms with E-state index < -0.39 is 0 Å². The van der Waals surface area contributed by atoms with Crippen LogP contribution in [0.15, 0.2) is 12.4 Å². The monoisotopic (exact) mass is 150 g/mol. The van der Waals surface area contributed by atoms with E-state index in [9.17, 15) is 0 Å². The summed E-state index contributed by atoms with van der Waals surface area (Å²) in [5.41, 5.74) is 6.64. The maximum Gasteiger partial charge on any atom is 0.141 e. The van der Waals surface area contributed by atoms with Gasteiger partial charge < -0.3 is 5.73 Å². The summed E-state index contributed by atoms with van der Waals surface area (Å²) in [5.74, 6) is -0.0119. The van der Waals surface area contributed by atoms with Gasteiger partial charge in [0.05, 0.1) is 0 Å². The third-order valence-electron chi connectivity index (χ3n) is 1.36. The SMILES string of the molecule is CCc1cc(C(=N)N)ncn1. The summed E-state index contributed by atoms with van der Waals surface area (Å²) in [6.45, 7) is 1.99. The van der Waals surface area contributed by atoms with Crippen LogP contribution in [-0.2, 0) is 6.42 Å². The molecule has 0 saturated heterocycles. The molecule has 0 bridgehead atoms. The standard InChI is InChI=1S/C7H10N4/c1-2-5-3-6(7(8)9)11-4-10-5/h3-4H,2H2,1H3,(H3,8,9). The van der Waals surface area contributed by atoms with E-state index in [0.717, 1.165) is 12.1 Å². The van der Waals surface area contributed by atoms with Crippen molar-refractivity contribution in [2.24, 2.45) is 5.73 Å². The molecular formula is C7H10N4. The Bertz CT molecular complexity index is 269. The number of nitrogens with two attached hydrogens (primary N) is 1. The molecule has 1 heterocycles. The van der Waals surface area contributed by atoms with Gasteiger partial charge in [-0.1, -0.05) is 6.92 Å². The summed E-state index contributed by atoms with van der Waals surface area (Å²) < 4.78 is 0. The van der Waals surface area contributed by atoms with Crippen molar-refractivity contribution in [3.63, 3.8) is 0 Å². The van der Waals surface area contributed by atoms with E-state index in [1.807, 2.05) is 6.92 Å². The quantitative estimate of drug-likeness (QED) is 0.471.